The average Bonchev–Trinajstić information content (AvgIpc) is 2.21. The number of rotatable bonds is 5. The molecular weight excluding hydrogens is 196 g/mol. The van der Waals surface area contributed by atoms with Crippen LogP contribution in [-0.4, -0.2) is 6.04 Å². The van der Waals surface area contributed by atoms with Crippen molar-refractivity contribution in [3.8, 4) is 0 Å². The average molecular weight is 220 g/mol. The second-order valence-electron chi connectivity index (χ2n) is 5.09. The molecule has 1 atom stereocenters. The van der Waals surface area contributed by atoms with Gasteiger partial charge in [0.1, 0.15) is 0 Å². The van der Waals surface area contributed by atoms with E-state index in [1.54, 1.807) is 0 Å². The van der Waals surface area contributed by atoms with Crippen LogP contribution in [0, 0.1) is 12.8 Å². The lowest BCUT2D eigenvalue weighted by Crippen LogP contribution is -2.15. The van der Waals surface area contributed by atoms with Crippen LogP contribution in [0.2, 0.25) is 0 Å². The molecule has 0 bridgehead atoms. The Hall–Kier alpha value is -1.18. The molecule has 3 N–H and O–H groups in total. The van der Waals surface area contributed by atoms with E-state index in [2.05, 4.69) is 32.2 Å². The first-order valence-electron chi connectivity index (χ1n) is 6.11. The zero-order valence-electron chi connectivity index (χ0n) is 10.9. The van der Waals surface area contributed by atoms with Crippen molar-refractivity contribution in [2.75, 3.05) is 11.1 Å². The fraction of sp³-hybridized carbons (Fsp3) is 0.571. The summed E-state index contributed by atoms with van der Waals surface area (Å²) in [6, 6.07) is 6.65. The number of nitrogens with one attached hydrogen (secondary N) is 1. The molecule has 1 aromatic rings. The molecule has 0 aliphatic rings. The first-order chi connectivity index (χ1) is 7.49. The van der Waals surface area contributed by atoms with Gasteiger partial charge in [-0.05, 0) is 56.4 Å². The molecule has 90 valence electrons. The maximum Gasteiger partial charge on any atom is 0.0346 e. The SMILES string of the molecule is Cc1cc(NC(C)CCC(C)C)ccc1N. The summed E-state index contributed by atoms with van der Waals surface area (Å²) in [4.78, 5) is 0. The molecule has 1 rings (SSSR count). The van der Waals surface area contributed by atoms with Gasteiger partial charge in [-0.2, -0.15) is 0 Å². The highest BCUT2D eigenvalue weighted by Crippen LogP contribution is 2.18. The summed E-state index contributed by atoms with van der Waals surface area (Å²) in [6.07, 6.45) is 2.48. The largest absolute Gasteiger partial charge is 0.399 e. The van der Waals surface area contributed by atoms with Gasteiger partial charge in [0.2, 0.25) is 0 Å². The van der Waals surface area contributed by atoms with Gasteiger partial charge in [0.25, 0.3) is 0 Å². The van der Waals surface area contributed by atoms with E-state index in [4.69, 9.17) is 5.73 Å². The minimum absolute atomic E-state index is 0.519. The molecular formula is C14H24N2. The molecule has 2 heteroatoms. The summed E-state index contributed by atoms with van der Waals surface area (Å²) in [5.74, 6) is 0.775. The topological polar surface area (TPSA) is 38.0 Å². The molecule has 0 saturated heterocycles. The van der Waals surface area contributed by atoms with E-state index in [0.29, 0.717) is 6.04 Å². The molecule has 1 aromatic carbocycles. The Bertz CT molecular complexity index is 332. The van der Waals surface area contributed by atoms with E-state index in [1.165, 1.54) is 18.5 Å². The van der Waals surface area contributed by atoms with Crippen LogP contribution in [0.4, 0.5) is 11.4 Å². The molecule has 0 fully saturated rings. The van der Waals surface area contributed by atoms with Crippen molar-refractivity contribution in [1.29, 1.82) is 0 Å². The van der Waals surface area contributed by atoms with E-state index in [-0.39, 0.29) is 0 Å². The molecule has 0 heterocycles. The second-order valence-corrected chi connectivity index (χ2v) is 5.09. The van der Waals surface area contributed by atoms with Gasteiger partial charge in [-0.15, -0.1) is 0 Å². The summed E-state index contributed by atoms with van der Waals surface area (Å²) in [5, 5.41) is 3.51. The number of nitrogen functional groups attached to an aromatic ring is 1. The Balaban J connectivity index is 2.49. The lowest BCUT2D eigenvalue weighted by atomic mass is 10.0. The van der Waals surface area contributed by atoms with Crippen LogP contribution in [-0.2, 0) is 0 Å². The molecule has 0 aliphatic heterocycles. The summed E-state index contributed by atoms with van der Waals surface area (Å²) < 4.78 is 0. The van der Waals surface area contributed by atoms with Crippen LogP contribution in [0.1, 0.15) is 39.2 Å². The lowest BCUT2D eigenvalue weighted by Gasteiger charge is -2.17. The molecule has 0 radical (unpaired) electrons. The van der Waals surface area contributed by atoms with Gasteiger partial charge in [0, 0.05) is 17.4 Å². The quantitative estimate of drug-likeness (QED) is 0.740. The van der Waals surface area contributed by atoms with Crippen molar-refractivity contribution >= 4 is 11.4 Å². The Labute approximate surface area is 99.2 Å². The number of anilines is 2. The van der Waals surface area contributed by atoms with E-state index in [0.717, 1.165) is 17.2 Å². The van der Waals surface area contributed by atoms with Gasteiger partial charge >= 0.3 is 0 Å². The minimum atomic E-state index is 0.519. The van der Waals surface area contributed by atoms with Crippen molar-refractivity contribution in [3.05, 3.63) is 23.8 Å². The summed E-state index contributed by atoms with van der Waals surface area (Å²) in [6.45, 7) is 8.80. The maximum atomic E-state index is 5.79. The number of hydrogen-bond acceptors (Lipinski definition) is 2. The van der Waals surface area contributed by atoms with Crippen LogP contribution < -0.4 is 11.1 Å². The molecule has 0 saturated carbocycles. The van der Waals surface area contributed by atoms with Crippen molar-refractivity contribution in [1.82, 2.24) is 0 Å². The molecule has 1 unspecified atom stereocenters. The number of nitrogens with two attached hydrogens (primary N) is 1. The summed E-state index contributed by atoms with van der Waals surface area (Å²) in [7, 11) is 0. The van der Waals surface area contributed by atoms with E-state index >= 15 is 0 Å². The second kappa shape index (κ2) is 5.78. The highest BCUT2D eigenvalue weighted by molar-refractivity contribution is 5.56. The van der Waals surface area contributed by atoms with E-state index < -0.39 is 0 Å². The standard InChI is InChI=1S/C14H24N2/c1-10(2)5-6-12(4)16-13-7-8-14(15)11(3)9-13/h7-10,12,16H,5-6,15H2,1-4H3. The minimum Gasteiger partial charge on any atom is -0.399 e. The predicted molar refractivity (Wildman–Crippen MR) is 72.7 cm³/mol. The Morgan fingerprint density at radius 2 is 1.88 bits per heavy atom. The van der Waals surface area contributed by atoms with Crippen molar-refractivity contribution in [3.63, 3.8) is 0 Å². The van der Waals surface area contributed by atoms with Crippen molar-refractivity contribution < 1.29 is 0 Å². The first-order valence-corrected chi connectivity index (χ1v) is 6.11. The van der Waals surface area contributed by atoms with Gasteiger partial charge in [0.15, 0.2) is 0 Å². The fourth-order valence-electron chi connectivity index (χ4n) is 1.71. The number of hydrogen-bond donors (Lipinski definition) is 2. The highest BCUT2D eigenvalue weighted by atomic mass is 14.9. The van der Waals surface area contributed by atoms with Gasteiger partial charge in [-0.25, -0.2) is 0 Å². The predicted octanol–water partition coefficient (Wildman–Crippen LogP) is 3.81. The highest BCUT2D eigenvalue weighted by Gasteiger charge is 2.04. The third-order valence-corrected chi connectivity index (χ3v) is 2.86. The fourth-order valence-corrected chi connectivity index (χ4v) is 1.71. The Morgan fingerprint density at radius 1 is 1.19 bits per heavy atom. The van der Waals surface area contributed by atoms with E-state index in [9.17, 15) is 0 Å². The number of benzene rings is 1. The van der Waals surface area contributed by atoms with Crippen LogP contribution >= 0.6 is 0 Å². The molecule has 2 nitrogen and oxygen atoms in total. The maximum absolute atomic E-state index is 5.79. The van der Waals surface area contributed by atoms with Gasteiger partial charge in [-0.1, -0.05) is 13.8 Å². The first kappa shape index (κ1) is 12.9. The zero-order chi connectivity index (χ0) is 12.1. The summed E-state index contributed by atoms with van der Waals surface area (Å²) in [5.41, 5.74) is 8.96. The normalized spacial score (nSPS) is 12.8. The van der Waals surface area contributed by atoms with Crippen molar-refractivity contribution in [2.45, 2.75) is 46.6 Å². The molecule has 0 aliphatic carbocycles. The summed E-state index contributed by atoms with van der Waals surface area (Å²) >= 11 is 0. The Morgan fingerprint density at radius 3 is 2.44 bits per heavy atom. The van der Waals surface area contributed by atoms with Crippen LogP contribution in [0.3, 0.4) is 0 Å². The van der Waals surface area contributed by atoms with Crippen LogP contribution in [0.5, 0.6) is 0 Å². The monoisotopic (exact) mass is 220 g/mol. The van der Waals surface area contributed by atoms with Gasteiger partial charge in [-0.3, -0.25) is 0 Å². The number of aryl methyl sites for hydroxylation is 1. The lowest BCUT2D eigenvalue weighted by molar-refractivity contribution is 0.528. The van der Waals surface area contributed by atoms with Gasteiger partial charge in [0.05, 0.1) is 0 Å². The zero-order valence-corrected chi connectivity index (χ0v) is 10.9. The van der Waals surface area contributed by atoms with Crippen molar-refractivity contribution in [2.24, 2.45) is 5.92 Å². The molecule has 0 amide bonds. The van der Waals surface area contributed by atoms with Crippen LogP contribution in [0.25, 0.3) is 0 Å². The van der Waals surface area contributed by atoms with Gasteiger partial charge < -0.3 is 11.1 Å². The molecule has 16 heavy (non-hydrogen) atoms. The third kappa shape index (κ3) is 4.13. The smallest absolute Gasteiger partial charge is 0.0346 e. The third-order valence-electron chi connectivity index (χ3n) is 2.86. The van der Waals surface area contributed by atoms with Crippen LogP contribution in [0.15, 0.2) is 18.2 Å². The molecule has 0 aromatic heterocycles. The van der Waals surface area contributed by atoms with E-state index in [1.807, 2.05) is 19.1 Å². The molecule has 0 spiro atoms. The Kier molecular flexibility index (Phi) is 4.66.